The highest BCUT2D eigenvalue weighted by molar-refractivity contribution is 7.90. The molecule has 110 valence electrons. The van der Waals surface area contributed by atoms with Crippen molar-refractivity contribution in [2.75, 3.05) is 0 Å². The second kappa shape index (κ2) is 5.47. The molecule has 2 rings (SSSR count). The van der Waals surface area contributed by atoms with E-state index in [9.17, 15) is 18.0 Å². The maximum absolute atomic E-state index is 12.4. The number of aromatic nitrogens is 2. The monoisotopic (exact) mass is 348 g/mol. The van der Waals surface area contributed by atoms with E-state index in [0.29, 0.717) is 0 Å². The number of nitrogens with zero attached hydrogens (tertiary/aromatic N) is 2. The molecule has 2 aromatic rings. The summed E-state index contributed by atoms with van der Waals surface area (Å²) in [4.78, 5) is 22.0. The van der Waals surface area contributed by atoms with Crippen LogP contribution in [0.4, 0.5) is 0 Å². The van der Waals surface area contributed by atoms with Gasteiger partial charge in [0.15, 0.2) is 5.15 Å². The molecule has 0 spiro atoms. The molecule has 0 amide bonds. The minimum atomic E-state index is -4.47. The number of carbonyl (C=O) groups is 1. The minimum absolute atomic E-state index is 0.155. The molecule has 0 aliphatic carbocycles. The molecule has 0 saturated heterocycles. The lowest BCUT2D eigenvalue weighted by Gasteiger charge is -2.08. The zero-order chi connectivity index (χ0) is 15.8. The third kappa shape index (κ3) is 2.92. The molecule has 1 aromatic carbocycles. The van der Waals surface area contributed by atoms with Crippen LogP contribution in [0.1, 0.15) is 10.4 Å². The zero-order valence-electron chi connectivity index (χ0n) is 10.0. The first-order chi connectivity index (χ1) is 9.73. The maximum atomic E-state index is 12.4. The normalized spacial score (nSPS) is 11.3. The van der Waals surface area contributed by atoms with Crippen molar-refractivity contribution in [1.29, 1.82) is 0 Å². The number of benzene rings is 1. The fourth-order valence-corrected chi connectivity index (χ4v) is 3.34. The fourth-order valence-electron chi connectivity index (χ4n) is 1.47. The summed E-state index contributed by atoms with van der Waals surface area (Å²) in [5.41, 5.74) is -1.25. The Labute approximate surface area is 128 Å². The molecule has 0 atom stereocenters. The van der Waals surface area contributed by atoms with Crippen LogP contribution >= 0.6 is 23.2 Å². The van der Waals surface area contributed by atoms with E-state index < -0.39 is 26.4 Å². The smallest absolute Gasteiger partial charge is 0.335 e. The Balaban J connectivity index is 2.75. The van der Waals surface area contributed by atoms with Gasteiger partial charge in [-0.1, -0.05) is 23.2 Å². The van der Waals surface area contributed by atoms with Crippen LogP contribution in [0.15, 0.2) is 40.0 Å². The second-order valence-corrected chi connectivity index (χ2v) is 6.32. The summed E-state index contributed by atoms with van der Waals surface area (Å²) in [6.07, 6.45) is 0. The molecule has 0 unspecified atom stereocenters. The van der Waals surface area contributed by atoms with E-state index in [1.54, 1.807) is 0 Å². The number of carboxylic acids is 1. The van der Waals surface area contributed by atoms with Crippen molar-refractivity contribution >= 4 is 39.2 Å². The lowest BCUT2D eigenvalue weighted by atomic mass is 10.2. The molecule has 1 aromatic heterocycles. The summed E-state index contributed by atoms with van der Waals surface area (Å²) in [6.45, 7) is 0. The number of rotatable bonds is 3. The number of halogens is 2. The average Bonchev–Trinajstić information content (AvgIpc) is 2.41. The summed E-state index contributed by atoms with van der Waals surface area (Å²) in [6, 6.07) is 5.13. The van der Waals surface area contributed by atoms with Gasteiger partial charge in [0.25, 0.3) is 15.6 Å². The van der Waals surface area contributed by atoms with Crippen molar-refractivity contribution in [3.63, 3.8) is 0 Å². The summed E-state index contributed by atoms with van der Waals surface area (Å²) in [5.74, 6) is -1.34. The molecular weight excluding hydrogens is 343 g/mol. The van der Waals surface area contributed by atoms with Gasteiger partial charge in [-0.25, -0.2) is 4.79 Å². The third-order valence-electron chi connectivity index (χ3n) is 2.42. The molecule has 0 aliphatic heterocycles. The Morgan fingerprint density at radius 1 is 1.19 bits per heavy atom. The topological polar surface area (TPSA) is 106 Å². The molecule has 0 fully saturated rings. The van der Waals surface area contributed by atoms with E-state index in [-0.39, 0.29) is 19.8 Å². The van der Waals surface area contributed by atoms with E-state index in [2.05, 4.69) is 5.10 Å². The van der Waals surface area contributed by atoms with E-state index in [1.165, 1.54) is 0 Å². The predicted octanol–water partition coefficient (Wildman–Crippen LogP) is 1.49. The molecule has 10 heteroatoms. The van der Waals surface area contributed by atoms with E-state index in [1.807, 2.05) is 0 Å². The Bertz CT molecular complexity index is 892. The molecule has 21 heavy (non-hydrogen) atoms. The molecule has 1 N–H and O–H groups in total. The van der Waals surface area contributed by atoms with Gasteiger partial charge in [0.2, 0.25) is 0 Å². The molecule has 1 heterocycles. The van der Waals surface area contributed by atoms with Gasteiger partial charge < -0.3 is 5.11 Å². The van der Waals surface area contributed by atoms with Crippen LogP contribution in [-0.2, 0) is 10.0 Å². The first kappa shape index (κ1) is 15.5. The molecule has 0 bridgehead atoms. The highest BCUT2D eigenvalue weighted by atomic mass is 35.5. The van der Waals surface area contributed by atoms with E-state index in [4.69, 9.17) is 28.3 Å². The Hall–Kier alpha value is -1.90. The van der Waals surface area contributed by atoms with Crippen LogP contribution in [0, 0.1) is 0 Å². The maximum Gasteiger partial charge on any atom is 0.335 e. The highest BCUT2D eigenvalue weighted by Gasteiger charge is 2.24. The van der Waals surface area contributed by atoms with Crippen LogP contribution in [-0.4, -0.2) is 28.7 Å². The van der Waals surface area contributed by atoms with Gasteiger partial charge in [-0.2, -0.15) is 8.42 Å². The largest absolute Gasteiger partial charge is 0.478 e. The van der Waals surface area contributed by atoms with Gasteiger partial charge in [-0.15, -0.1) is 9.19 Å². The summed E-state index contributed by atoms with van der Waals surface area (Å²) in [7, 11) is -4.47. The van der Waals surface area contributed by atoms with Crippen molar-refractivity contribution in [3.05, 3.63) is 56.4 Å². The third-order valence-corrected chi connectivity index (χ3v) is 4.68. The van der Waals surface area contributed by atoms with Crippen molar-refractivity contribution in [1.82, 2.24) is 9.19 Å². The van der Waals surface area contributed by atoms with Gasteiger partial charge in [-0.05, 0) is 24.3 Å². The van der Waals surface area contributed by atoms with Crippen molar-refractivity contribution in [2.45, 2.75) is 4.90 Å². The van der Waals surface area contributed by atoms with Crippen LogP contribution in [0.3, 0.4) is 0 Å². The number of hydrogen-bond acceptors (Lipinski definition) is 5. The predicted molar refractivity (Wildman–Crippen MR) is 74.5 cm³/mol. The number of aromatic carboxylic acids is 1. The van der Waals surface area contributed by atoms with Crippen LogP contribution in [0.2, 0.25) is 10.2 Å². The van der Waals surface area contributed by atoms with Crippen LogP contribution in [0.25, 0.3) is 0 Å². The SMILES string of the molecule is O=C(O)c1ccc(Cl)c(S(=O)(=O)n2nc(Cl)ccc2=O)c1. The van der Waals surface area contributed by atoms with Gasteiger partial charge in [0.05, 0.1) is 10.6 Å². The van der Waals surface area contributed by atoms with Crippen molar-refractivity contribution < 1.29 is 18.3 Å². The van der Waals surface area contributed by atoms with Gasteiger partial charge in [-0.3, -0.25) is 4.79 Å². The minimum Gasteiger partial charge on any atom is -0.478 e. The van der Waals surface area contributed by atoms with Crippen LogP contribution in [0.5, 0.6) is 0 Å². The number of carboxylic acid groups (broad SMARTS) is 1. The summed E-state index contributed by atoms with van der Waals surface area (Å²) in [5, 5.41) is 11.8. The summed E-state index contributed by atoms with van der Waals surface area (Å²) >= 11 is 11.3. The first-order valence-electron chi connectivity index (χ1n) is 5.28. The Kier molecular flexibility index (Phi) is 4.04. The lowest BCUT2D eigenvalue weighted by molar-refractivity contribution is 0.0696. The lowest BCUT2D eigenvalue weighted by Crippen LogP contribution is -2.29. The molecule has 0 aliphatic rings. The van der Waals surface area contributed by atoms with Crippen LogP contribution < -0.4 is 5.56 Å². The van der Waals surface area contributed by atoms with Gasteiger partial charge in [0.1, 0.15) is 4.90 Å². The molecular formula is C11H6Cl2N2O5S. The quantitative estimate of drug-likeness (QED) is 0.900. The standard InChI is InChI=1S/C11H6Cl2N2O5S/c12-7-2-1-6(11(17)18)5-8(7)21(19,20)15-10(16)4-3-9(13)14-15/h1-5H,(H,17,18). The molecule has 0 radical (unpaired) electrons. The zero-order valence-corrected chi connectivity index (χ0v) is 12.4. The summed E-state index contributed by atoms with van der Waals surface area (Å²) < 4.78 is 24.9. The fraction of sp³-hybridized carbons (Fsp3) is 0. The van der Waals surface area contributed by atoms with E-state index >= 15 is 0 Å². The van der Waals surface area contributed by atoms with Gasteiger partial charge >= 0.3 is 5.97 Å². The number of hydrogen-bond donors (Lipinski definition) is 1. The molecule has 0 saturated carbocycles. The Morgan fingerprint density at radius 3 is 2.48 bits per heavy atom. The first-order valence-corrected chi connectivity index (χ1v) is 7.47. The highest BCUT2D eigenvalue weighted by Crippen LogP contribution is 2.24. The molecule has 7 nitrogen and oxygen atoms in total. The van der Waals surface area contributed by atoms with E-state index in [0.717, 1.165) is 30.3 Å². The van der Waals surface area contributed by atoms with Gasteiger partial charge in [0, 0.05) is 6.07 Å². The second-order valence-electron chi connectivity index (χ2n) is 3.79. The van der Waals surface area contributed by atoms with Crippen molar-refractivity contribution in [2.24, 2.45) is 0 Å². The van der Waals surface area contributed by atoms with Crippen molar-refractivity contribution in [3.8, 4) is 0 Å². The Morgan fingerprint density at radius 2 is 1.86 bits per heavy atom. The average molecular weight is 349 g/mol.